The van der Waals surface area contributed by atoms with Crippen molar-refractivity contribution in [3.8, 4) is 11.6 Å². The Kier molecular flexibility index (Phi) is 1.83. The van der Waals surface area contributed by atoms with Crippen molar-refractivity contribution in [3.05, 3.63) is 18.2 Å². The van der Waals surface area contributed by atoms with Gasteiger partial charge in [-0.05, 0) is 12.8 Å². The molecule has 0 amide bonds. The third-order valence-corrected chi connectivity index (χ3v) is 2.88. The Hall–Kier alpha value is -1.65. The van der Waals surface area contributed by atoms with E-state index in [0.29, 0.717) is 0 Å². The van der Waals surface area contributed by atoms with E-state index in [1.807, 2.05) is 17.8 Å². The van der Waals surface area contributed by atoms with Crippen LogP contribution < -0.4 is 0 Å². The molecule has 3 heterocycles. The van der Waals surface area contributed by atoms with E-state index in [4.69, 9.17) is 0 Å². The second-order valence-corrected chi connectivity index (χ2v) is 3.91. The second kappa shape index (κ2) is 3.18. The van der Waals surface area contributed by atoms with Crippen LogP contribution in [0.15, 0.2) is 12.4 Å². The molecule has 0 spiro atoms. The van der Waals surface area contributed by atoms with Gasteiger partial charge in [-0.25, -0.2) is 4.98 Å². The van der Waals surface area contributed by atoms with E-state index in [2.05, 4.69) is 19.7 Å². The smallest absolute Gasteiger partial charge is 0.200 e. The summed E-state index contributed by atoms with van der Waals surface area (Å²) in [6.07, 6.45) is 7.19. The van der Waals surface area contributed by atoms with Crippen LogP contribution in [0.3, 0.4) is 0 Å². The van der Waals surface area contributed by atoms with Gasteiger partial charge in [-0.2, -0.15) is 0 Å². The van der Waals surface area contributed by atoms with Crippen molar-refractivity contribution in [2.75, 3.05) is 0 Å². The highest BCUT2D eigenvalue weighted by Gasteiger charge is 2.18. The molecular weight excluding hydrogens is 190 g/mol. The number of rotatable bonds is 1. The number of fused-ring (bicyclic) bond motifs is 1. The first-order valence-corrected chi connectivity index (χ1v) is 5.26. The number of aromatic nitrogens is 5. The van der Waals surface area contributed by atoms with Gasteiger partial charge in [0.15, 0.2) is 11.6 Å². The lowest BCUT2D eigenvalue weighted by molar-refractivity contribution is 0.524. The quantitative estimate of drug-likeness (QED) is 0.695. The molecule has 2 aromatic heterocycles. The largest absolute Gasteiger partial charge is 0.331 e. The summed E-state index contributed by atoms with van der Waals surface area (Å²) < 4.78 is 4.16. The van der Waals surface area contributed by atoms with E-state index >= 15 is 0 Å². The average molecular weight is 203 g/mol. The summed E-state index contributed by atoms with van der Waals surface area (Å²) in [5, 5.41) is 8.44. The highest BCUT2D eigenvalue weighted by Crippen LogP contribution is 2.20. The normalized spacial score (nSPS) is 15.3. The van der Waals surface area contributed by atoms with Gasteiger partial charge in [0.25, 0.3) is 0 Å². The molecule has 0 saturated heterocycles. The van der Waals surface area contributed by atoms with Crippen molar-refractivity contribution in [2.45, 2.75) is 25.8 Å². The lowest BCUT2D eigenvalue weighted by Gasteiger charge is -2.14. The molecule has 0 atom stereocenters. The molecule has 0 saturated carbocycles. The minimum Gasteiger partial charge on any atom is -0.331 e. The van der Waals surface area contributed by atoms with Gasteiger partial charge in [0.2, 0.25) is 0 Å². The fraction of sp³-hybridized carbons (Fsp3) is 0.500. The minimum atomic E-state index is 0.899. The Morgan fingerprint density at radius 1 is 1.20 bits per heavy atom. The number of aryl methyl sites for hydroxylation is 2. The third kappa shape index (κ3) is 1.26. The predicted octanol–water partition coefficient (Wildman–Crippen LogP) is 1.01. The molecule has 2 aromatic rings. The van der Waals surface area contributed by atoms with Gasteiger partial charge in [-0.3, -0.25) is 0 Å². The van der Waals surface area contributed by atoms with Crippen LogP contribution in [0.5, 0.6) is 0 Å². The summed E-state index contributed by atoms with van der Waals surface area (Å²) in [6, 6.07) is 0. The van der Waals surface area contributed by atoms with E-state index in [-0.39, 0.29) is 0 Å². The summed E-state index contributed by atoms with van der Waals surface area (Å²) in [6.45, 7) is 1.02. The van der Waals surface area contributed by atoms with Gasteiger partial charge in [0, 0.05) is 32.4 Å². The van der Waals surface area contributed by atoms with Gasteiger partial charge in [0.05, 0.1) is 0 Å². The number of hydrogen-bond acceptors (Lipinski definition) is 3. The zero-order valence-electron chi connectivity index (χ0n) is 8.72. The molecule has 0 unspecified atom stereocenters. The minimum absolute atomic E-state index is 0.899. The molecule has 0 bridgehead atoms. The first-order chi connectivity index (χ1) is 7.36. The van der Waals surface area contributed by atoms with E-state index in [1.54, 1.807) is 6.20 Å². The summed E-state index contributed by atoms with van der Waals surface area (Å²) in [5.74, 6) is 2.90. The fourth-order valence-corrected chi connectivity index (χ4v) is 2.05. The monoisotopic (exact) mass is 203 g/mol. The highest BCUT2D eigenvalue weighted by atomic mass is 15.3. The van der Waals surface area contributed by atoms with Crippen LogP contribution in [-0.2, 0) is 20.0 Å². The molecule has 1 aliphatic heterocycles. The van der Waals surface area contributed by atoms with Gasteiger partial charge in [-0.1, -0.05) is 0 Å². The molecule has 0 aliphatic carbocycles. The van der Waals surface area contributed by atoms with Crippen molar-refractivity contribution >= 4 is 0 Å². The summed E-state index contributed by atoms with van der Waals surface area (Å²) in [4.78, 5) is 4.31. The second-order valence-electron chi connectivity index (χ2n) is 3.91. The van der Waals surface area contributed by atoms with Crippen molar-refractivity contribution < 1.29 is 0 Å². The van der Waals surface area contributed by atoms with E-state index in [1.165, 1.54) is 12.8 Å². The number of hydrogen-bond donors (Lipinski definition) is 0. The maximum Gasteiger partial charge on any atom is 0.200 e. The lowest BCUT2D eigenvalue weighted by atomic mass is 10.2. The summed E-state index contributed by atoms with van der Waals surface area (Å²) >= 11 is 0. The topological polar surface area (TPSA) is 48.5 Å². The third-order valence-electron chi connectivity index (χ3n) is 2.88. The number of nitrogens with zero attached hydrogens (tertiary/aromatic N) is 5. The first-order valence-electron chi connectivity index (χ1n) is 5.26. The van der Waals surface area contributed by atoms with Gasteiger partial charge in [0.1, 0.15) is 5.82 Å². The molecule has 1 aliphatic rings. The molecule has 0 fully saturated rings. The molecule has 5 nitrogen and oxygen atoms in total. The van der Waals surface area contributed by atoms with Crippen LogP contribution in [0.2, 0.25) is 0 Å². The molecular formula is C10H13N5. The zero-order chi connectivity index (χ0) is 10.3. The summed E-state index contributed by atoms with van der Waals surface area (Å²) in [5.41, 5.74) is 0. The van der Waals surface area contributed by atoms with Crippen LogP contribution in [0.1, 0.15) is 18.7 Å². The lowest BCUT2D eigenvalue weighted by Crippen LogP contribution is -2.12. The maximum atomic E-state index is 4.31. The van der Waals surface area contributed by atoms with Gasteiger partial charge in [-0.15, -0.1) is 10.2 Å². The fourth-order valence-electron chi connectivity index (χ4n) is 2.05. The molecule has 0 radical (unpaired) electrons. The molecule has 0 aromatic carbocycles. The zero-order valence-corrected chi connectivity index (χ0v) is 8.72. The Balaban J connectivity index is 2.13. The van der Waals surface area contributed by atoms with Crippen molar-refractivity contribution in [1.82, 2.24) is 24.3 Å². The summed E-state index contributed by atoms with van der Waals surface area (Å²) in [7, 11) is 1.98. The van der Waals surface area contributed by atoms with Crippen LogP contribution in [0.4, 0.5) is 0 Å². The Labute approximate surface area is 87.8 Å². The predicted molar refractivity (Wildman–Crippen MR) is 55.2 cm³/mol. The van der Waals surface area contributed by atoms with Gasteiger partial charge < -0.3 is 9.13 Å². The molecule has 15 heavy (non-hydrogen) atoms. The Morgan fingerprint density at radius 3 is 2.93 bits per heavy atom. The maximum absolute atomic E-state index is 4.31. The Bertz CT molecular complexity index is 482. The average Bonchev–Trinajstić information content (AvgIpc) is 2.83. The van der Waals surface area contributed by atoms with Crippen LogP contribution in [0.25, 0.3) is 11.6 Å². The van der Waals surface area contributed by atoms with E-state index in [9.17, 15) is 0 Å². The molecule has 5 heteroatoms. The highest BCUT2D eigenvalue weighted by molar-refractivity contribution is 5.44. The standard InChI is InChI=1S/C10H13N5/c1-14-7-5-11-9(14)10-13-12-8-4-2-3-6-15(8)10/h5,7H,2-4,6H2,1H3. The molecule has 78 valence electrons. The SMILES string of the molecule is Cn1ccnc1-c1nnc2n1CCCC2. The van der Waals surface area contributed by atoms with Crippen molar-refractivity contribution in [1.29, 1.82) is 0 Å². The number of imidazole rings is 1. The van der Waals surface area contributed by atoms with E-state index in [0.717, 1.165) is 30.4 Å². The molecule has 3 rings (SSSR count). The van der Waals surface area contributed by atoms with Gasteiger partial charge >= 0.3 is 0 Å². The molecule has 0 N–H and O–H groups in total. The van der Waals surface area contributed by atoms with Crippen molar-refractivity contribution in [3.63, 3.8) is 0 Å². The van der Waals surface area contributed by atoms with E-state index < -0.39 is 0 Å². The van der Waals surface area contributed by atoms with Crippen LogP contribution in [0, 0.1) is 0 Å². The van der Waals surface area contributed by atoms with Crippen molar-refractivity contribution in [2.24, 2.45) is 7.05 Å². The first kappa shape index (κ1) is 8.64. The van der Waals surface area contributed by atoms with Crippen LogP contribution in [-0.4, -0.2) is 24.3 Å². The van der Waals surface area contributed by atoms with Crippen LogP contribution >= 0.6 is 0 Å². The Morgan fingerprint density at radius 2 is 2.13 bits per heavy atom.